The van der Waals surface area contributed by atoms with Crippen LogP contribution in [0.5, 0.6) is 0 Å². The van der Waals surface area contributed by atoms with E-state index >= 15 is 0 Å². The molecule has 0 aromatic heterocycles. The van der Waals surface area contributed by atoms with Gasteiger partial charge < -0.3 is 5.32 Å². The van der Waals surface area contributed by atoms with E-state index in [1.807, 2.05) is 30.3 Å². The number of anilines is 1. The van der Waals surface area contributed by atoms with E-state index in [-0.39, 0.29) is 12.5 Å². The maximum atomic E-state index is 11.7. The first-order valence-corrected chi connectivity index (χ1v) is 6.22. The van der Waals surface area contributed by atoms with Crippen molar-refractivity contribution in [3.05, 3.63) is 65.2 Å². The van der Waals surface area contributed by atoms with Gasteiger partial charge in [0.25, 0.3) is 0 Å². The zero-order valence-corrected chi connectivity index (χ0v) is 10.6. The molecule has 0 aliphatic carbocycles. The molecule has 0 radical (unpaired) electrons. The molecule has 2 aromatic carbocycles. The fraction of sp³-hybridized carbons (Fsp3) is 0.0625. The topological polar surface area (TPSA) is 65.2 Å². The first kappa shape index (κ1) is 12.1. The number of hydrogen-bond acceptors (Lipinski definition) is 3. The van der Waals surface area contributed by atoms with Gasteiger partial charge in [0.05, 0.1) is 23.0 Å². The number of hydrogen-bond donors (Lipinski definition) is 1. The SMILES string of the molecule is N#Cc1ccc2c(c1)C(c1ccccc1)=NCC(=O)N2. The van der Waals surface area contributed by atoms with Crippen LogP contribution in [0.15, 0.2) is 53.5 Å². The predicted molar refractivity (Wildman–Crippen MR) is 76.7 cm³/mol. The molecule has 0 fully saturated rings. The molecule has 4 heteroatoms. The van der Waals surface area contributed by atoms with Gasteiger partial charge >= 0.3 is 0 Å². The third kappa shape index (κ3) is 2.17. The summed E-state index contributed by atoms with van der Waals surface area (Å²) in [6, 6.07) is 17.0. The zero-order valence-electron chi connectivity index (χ0n) is 10.6. The predicted octanol–water partition coefficient (Wildman–Crippen LogP) is 2.35. The molecule has 0 unspecified atom stereocenters. The summed E-state index contributed by atoms with van der Waals surface area (Å²) in [6.07, 6.45) is 0. The molecular weight excluding hydrogens is 250 g/mol. The normalized spacial score (nSPS) is 13.6. The smallest absolute Gasteiger partial charge is 0.246 e. The summed E-state index contributed by atoms with van der Waals surface area (Å²) in [5.41, 5.74) is 3.68. The molecule has 0 saturated carbocycles. The molecule has 1 amide bonds. The Bertz CT molecular complexity index is 742. The van der Waals surface area contributed by atoms with Crippen molar-refractivity contribution in [2.45, 2.75) is 0 Å². The number of nitriles is 1. The van der Waals surface area contributed by atoms with Crippen LogP contribution in [0, 0.1) is 11.3 Å². The van der Waals surface area contributed by atoms with Crippen LogP contribution in [0.25, 0.3) is 0 Å². The second kappa shape index (κ2) is 4.98. The van der Waals surface area contributed by atoms with Crippen LogP contribution in [-0.4, -0.2) is 18.2 Å². The van der Waals surface area contributed by atoms with Gasteiger partial charge in [0.1, 0.15) is 6.54 Å². The summed E-state index contributed by atoms with van der Waals surface area (Å²) in [5.74, 6) is -0.151. The second-order valence-corrected chi connectivity index (χ2v) is 4.45. The molecule has 0 spiro atoms. The van der Waals surface area contributed by atoms with Crippen molar-refractivity contribution in [1.82, 2.24) is 0 Å². The molecule has 2 aromatic rings. The molecule has 0 atom stereocenters. The van der Waals surface area contributed by atoms with E-state index < -0.39 is 0 Å². The van der Waals surface area contributed by atoms with E-state index in [0.29, 0.717) is 11.3 Å². The largest absolute Gasteiger partial charge is 0.324 e. The second-order valence-electron chi connectivity index (χ2n) is 4.45. The van der Waals surface area contributed by atoms with Gasteiger partial charge in [-0.25, -0.2) is 0 Å². The van der Waals surface area contributed by atoms with Crippen LogP contribution in [-0.2, 0) is 4.79 Å². The Balaban J connectivity index is 2.21. The lowest BCUT2D eigenvalue weighted by Crippen LogP contribution is -2.13. The molecular formula is C16H11N3O. The number of nitrogens with one attached hydrogen (secondary N) is 1. The molecule has 1 aliphatic rings. The van der Waals surface area contributed by atoms with Gasteiger partial charge in [-0.05, 0) is 18.2 Å². The Morgan fingerprint density at radius 1 is 1.15 bits per heavy atom. The maximum Gasteiger partial charge on any atom is 0.246 e. The van der Waals surface area contributed by atoms with E-state index in [9.17, 15) is 4.79 Å². The van der Waals surface area contributed by atoms with E-state index in [1.165, 1.54) is 0 Å². The first-order chi connectivity index (χ1) is 9.78. The summed E-state index contributed by atoms with van der Waals surface area (Å²) >= 11 is 0. The maximum absolute atomic E-state index is 11.7. The Labute approximate surface area is 116 Å². The van der Waals surface area contributed by atoms with Gasteiger partial charge in [0.2, 0.25) is 5.91 Å². The fourth-order valence-electron chi connectivity index (χ4n) is 2.19. The minimum Gasteiger partial charge on any atom is -0.324 e. The van der Waals surface area contributed by atoms with Gasteiger partial charge in [-0.15, -0.1) is 0 Å². The quantitative estimate of drug-likeness (QED) is 0.856. The standard InChI is InChI=1S/C16H11N3O/c17-9-11-6-7-14-13(8-11)16(18-10-15(20)19-14)12-4-2-1-3-5-12/h1-8H,10H2,(H,19,20). The van der Waals surface area contributed by atoms with Crippen LogP contribution < -0.4 is 5.32 Å². The highest BCUT2D eigenvalue weighted by Gasteiger charge is 2.18. The summed E-state index contributed by atoms with van der Waals surface area (Å²) < 4.78 is 0. The van der Waals surface area contributed by atoms with Crippen molar-refractivity contribution in [1.29, 1.82) is 5.26 Å². The summed E-state index contributed by atoms with van der Waals surface area (Å²) in [4.78, 5) is 16.1. The molecule has 96 valence electrons. The number of amides is 1. The number of nitrogens with zero attached hydrogens (tertiary/aromatic N) is 2. The molecule has 0 bridgehead atoms. The van der Waals surface area contributed by atoms with Gasteiger partial charge in [-0.2, -0.15) is 5.26 Å². The van der Waals surface area contributed by atoms with Gasteiger partial charge in [0.15, 0.2) is 0 Å². The lowest BCUT2D eigenvalue weighted by molar-refractivity contribution is -0.114. The summed E-state index contributed by atoms with van der Waals surface area (Å²) in [7, 11) is 0. The van der Waals surface area contributed by atoms with Crippen molar-refractivity contribution >= 4 is 17.3 Å². The molecule has 3 rings (SSSR count). The van der Waals surface area contributed by atoms with Crippen molar-refractivity contribution in [2.24, 2.45) is 4.99 Å². The molecule has 1 heterocycles. The number of rotatable bonds is 1. The van der Waals surface area contributed by atoms with Crippen molar-refractivity contribution in [3.63, 3.8) is 0 Å². The van der Waals surface area contributed by atoms with E-state index in [0.717, 1.165) is 16.8 Å². The van der Waals surface area contributed by atoms with Crippen molar-refractivity contribution in [2.75, 3.05) is 11.9 Å². The molecule has 4 nitrogen and oxygen atoms in total. The van der Waals surface area contributed by atoms with E-state index in [4.69, 9.17) is 5.26 Å². The Kier molecular flexibility index (Phi) is 3.02. The van der Waals surface area contributed by atoms with Gasteiger partial charge in [-0.3, -0.25) is 9.79 Å². The molecule has 20 heavy (non-hydrogen) atoms. The highest BCUT2D eigenvalue weighted by Crippen LogP contribution is 2.23. The number of carbonyl (C=O) groups is 1. The van der Waals surface area contributed by atoms with Gasteiger partial charge in [0, 0.05) is 11.1 Å². The molecule has 1 N–H and O–H groups in total. The Morgan fingerprint density at radius 2 is 1.95 bits per heavy atom. The van der Waals surface area contributed by atoms with Gasteiger partial charge in [-0.1, -0.05) is 30.3 Å². The lowest BCUT2D eigenvalue weighted by Gasteiger charge is -2.10. The Morgan fingerprint density at radius 3 is 2.70 bits per heavy atom. The highest BCUT2D eigenvalue weighted by atomic mass is 16.1. The number of aliphatic imine (C=N–C) groups is 1. The first-order valence-electron chi connectivity index (χ1n) is 6.22. The van der Waals surface area contributed by atoms with E-state index in [2.05, 4.69) is 16.4 Å². The van der Waals surface area contributed by atoms with Crippen molar-refractivity contribution < 1.29 is 4.79 Å². The summed E-state index contributed by atoms with van der Waals surface area (Å²) in [5, 5.41) is 11.9. The van der Waals surface area contributed by atoms with E-state index in [1.54, 1.807) is 18.2 Å². The number of benzodiazepines with no additional fused rings is 1. The monoisotopic (exact) mass is 261 g/mol. The number of carbonyl (C=O) groups excluding carboxylic acids is 1. The Hall–Kier alpha value is -2.93. The van der Waals surface area contributed by atoms with Crippen LogP contribution >= 0.6 is 0 Å². The van der Waals surface area contributed by atoms with Crippen LogP contribution in [0.1, 0.15) is 16.7 Å². The molecule has 1 aliphatic heterocycles. The summed E-state index contributed by atoms with van der Waals surface area (Å²) in [6.45, 7) is 0.0841. The van der Waals surface area contributed by atoms with Crippen LogP contribution in [0.4, 0.5) is 5.69 Å². The minimum absolute atomic E-state index is 0.0841. The van der Waals surface area contributed by atoms with Crippen LogP contribution in [0.3, 0.4) is 0 Å². The third-order valence-electron chi connectivity index (χ3n) is 3.11. The van der Waals surface area contributed by atoms with Crippen LogP contribution in [0.2, 0.25) is 0 Å². The fourth-order valence-corrected chi connectivity index (χ4v) is 2.19. The minimum atomic E-state index is -0.151. The average Bonchev–Trinajstić information content (AvgIpc) is 2.65. The highest BCUT2D eigenvalue weighted by molar-refractivity contribution is 6.19. The number of benzene rings is 2. The average molecular weight is 261 g/mol. The lowest BCUT2D eigenvalue weighted by atomic mass is 9.99. The zero-order chi connectivity index (χ0) is 13.9. The third-order valence-corrected chi connectivity index (χ3v) is 3.11. The number of fused-ring (bicyclic) bond motifs is 1. The molecule has 0 saturated heterocycles. The van der Waals surface area contributed by atoms with Crippen molar-refractivity contribution in [3.8, 4) is 6.07 Å².